The van der Waals surface area contributed by atoms with Crippen LogP contribution in [0.1, 0.15) is 0 Å². The molecule has 0 spiro atoms. The molecule has 1 heterocycles. The molecule has 1 aromatic heterocycles. The van der Waals surface area contributed by atoms with Crippen LogP contribution in [-0.4, -0.2) is 52.2 Å². The number of aliphatic hydroxyl groups excluding tert-OH is 1. The Labute approximate surface area is 161 Å². The lowest BCUT2D eigenvalue weighted by molar-refractivity contribution is 0.161. The van der Waals surface area contributed by atoms with Crippen LogP contribution in [0.5, 0.6) is 11.5 Å². The smallest absolute Gasteiger partial charge is 0.182 e. The van der Waals surface area contributed by atoms with Gasteiger partial charge in [-0.2, -0.15) is 0 Å². The minimum Gasteiger partial charge on any atom is -0.495 e. The molecule has 0 fully saturated rings. The van der Waals surface area contributed by atoms with E-state index < -0.39 is 6.10 Å². The van der Waals surface area contributed by atoms with E-state index in [2.05, 4.69) is 20.8 Å². The molecule has 2 N–H and O–H groups in total. The molecular formula is C18H20ClN5O3. The van der Waals surface area contributed by atoms with Gasteiger partial charge in [0.1, 0.15) is 11.5 Å². The third-order valence-electron chi connectivity index (χ3n) is 3.95. The van der Waals surface area contributed by atoms with Gasteiger partial charge in [-0.25, -0.2) is 4.68 Å². The summed E-state index contributed by atoms with van der Waals surface area (Å²) in [7, 11) is 3.09. The van der Waals surface area contributed by atoms with Crippen molar-refractivity contribution in [2.75, 3.05) is 26.1 Å². The number of aliphatic hydroxyl groups is 1. The van der Waals surface area contributed by atoms with Gasteiger partial charge < -0.3 is 19.9 Å². The van der Waals surface area contributed by atoms with Gasteiger partial charge in [-0.05, 0) is 16.5 Å². The Morgan fingerprint density at radius 3 is 2.59 bits per heavy atom. The van der Waals surface area contributed by atoms with Crippen molar-refractivity contribution >= 4 is 17.3 Å². The lowest BCUT2D eigenvalue weighted by atomic mass is 10.2. The highest BCUT2D eigenvalue weighted by Crippen LogP contribution is 2.35. The highest BCUT2D eigenvalue weighted by atomic mass is 35.5. The molecule has 142 valence electrons. The number of nitrogens with one attached hydrogen (secondary N) is 1. The zero-order valence-electron chi connectivity index (χ0n) is 15.0. The number of aromatic nitrogens is 4. The van der Waals surface area contributed by atoms with Crippen LogP contribution in [0.25, 0.3) is 11.4 Å². The molecule has 3 rings (SSSR count). The van der Waals surface area contributed by atoms with E-state index in [0.29, 0.717) is 28.0 Å². The zero-order chi connectivity index (χ0) is 19.2. The van der Waals surface area contributed by atoms with Crippen molar-refractivity contribution in [1.29, 1.82) is 0 Å². The number of halogens is 1. The molecule has 0 radical (unpaired) electrons. The number of hydrogen-bond donors (Lipinski definition) is 2. The summed E-state index contributed by atoms with van der Waals surface area (Å²) < 4.78 is 12.1. The Hall–Kier alpha value is -2.84. The Bertz CT molecular complexity index is 888. The monoisotopic (exact) mass is 389 g/mol. The van der Waals surface area contributed by atoms with E-state index in [1.807, 2.05) is 30.3 Å². The van der Waals surface area contributed by atoms with Crippen LogP contribution in [0.2, 0.25) is 5.02 Å². The van der Waals surface area contributed by atoms with Gasteiger partial charge in [-0.15, -0.1) is 5.10 Å². The molecule has 1 atom stereocenters. The average molecular weight is 390 g/mol. The lowest BCUT2D eigenvalue weighted by Gasteiger charge is -2.16. The predicted molar refractivity (Wildman–Crippen MR) is 102 cm³/mol. The minimum atomic E-state index is -0.735. The predicted octanol–water partition coefficient (Wildman–Crippen LogP) is 2.48. The van der Waals surface area contributed by atoms with Gasteiger partial charge >= 0.3 is 0 Å². The van der Waals surface area contributed by atoms with Crippen molar-refractivity contribution < 1.29 is 14.6 Å². The summed E-state index contributed by atoms with van der Waals surface area (Å²) in [5.41, 5.74) is 1.54. The van der Waals surface area contributed by atoms with Crippen molar-refractivity contribution in [3.8, 4) is 22.9 Å². The Morgan fingerprint density at radius 2 is 1.89 bits per heavy atom. The topological polar surface area (TPSA) is 94.3 Å². The average Bonchev–Trinajstić information content (AvgIpc) is 3.15. The fourth-order valence-electron chi connectivity index (χ4n) is 2.61. The molecule has 0 aliphatic rings. The quantitative estimate of drug-likeness (QED) is 0.611. The van der Waals surface area contributed by atoms with Crippen molar-refractivity contribution in [3.63, 3.8) is 0 Å². The van der Waals surface area contributed by atoms with Gasteiger partial charge in [0.15, 0.2) is 5.82 Å². The van der Waals surface area contributed by atoms with Crippen LogP contribution in [-0.2, 0) is 6.54 Å². The van der Waals surface area contributed by atoms with Crippen LogP contribution < -0.4 is 14.8 Å². The molecule has 27 heavy (non-hydrogen) atoms. The largest absolute Gasteiger partial charge is 0.495 e. The first kappa shape index (κ1) is 18.9. The molecule has 3 aromatic rings. The zero-order valence-corrected chi connectivity index (χ0v) is 15.7. The second-order valence-corrected chi connectivity index (χ2v) is 6.18. The third kappa shape index (κ3) is 4.47. The summed E-state index contributed by atoms with van der Waals surface area (Å²) in [6.07, 6.45) is -0.735. The van der Waals surface area contributed by atoms with Gasteiger partial charge in [0.25, 0.3) is 0 Å². The second-order valence-electron chi connectivity index (χ2n) is 5.77. The van der Waals surface area contributed by atoms with Gasteiger partial charge in [0.2, 0.25) is 0 Å². The van der Waals surface area contributed by atoms with E-state index in [9.17, 15) is 5.11 Å². The molecule has 0 saturated heterocycles. The third-order valence-corrected chi connectivity index (χ3v) is 4.25. The normalized spacial score (nSPS) is 11.9. The fourth-order valence-corrected chi connectivity index (χ4v) is 2.85. The van der Waals surface area contributed by atoms with Gasteiger partial charge in [-0.3, -0.25) is 0 Å². The van der Waals surface area contributed by atoms with E-state index in [0.717, 1.165) is 5.56 Å². The van der Waals surface area contributed by atoms with Crippen LogP contribution in [0.4, 0.5) is 5.69 Å². The summed E-state index contributed by atoms with van der Waals surface area (Å²) in [5.74, 6) is 1.68. The molecular weight excluding hydrogens is 370 g/mol. The maximum atomic E-state index is 10.4. The lowest BCUT2D eigenvalue weighted by Crippen LogP contribution is -2.26. The first-order valence-electron chi connectivity index (χ1n) is 8.27. The Kier molecular flexibility index (Phi) is 6.10. The molecule has 1 unspecified atom stereocenters. The maximum Gasteiger partial charge on any atom is 0.182 e. The van der Waals surface area contributed by atoms with E-state index in [1.54, 1.807) is 23.9 Å². The number of hydrogen-bond acceptors (Lipinski definition) is 7. The SMILES string of the molecule is COc1cc(OC)c(NCC(O)Cn2nnnc2-c2ccccc2)cc1Cl. The molecule has 0 amide bonds. The molecule has 0 saturated carbocycles. The molecule has 0 bridgehead atoms. The minimum absolute atomic E-state index is 0.233. The summed E-state index contributed by atoms with van der Waals surface area (Å²) in [6, 6.07) is 12.9. The Balaban J connectivity index is 1.67. The highest BCUT2D eigenvalue weighted by molar-refractivity contribution is 6.32. The summed E-state index contributed by atoms with van der Waals surface area (Å²) in [5, 5.41) is 25.7. The van der Waals surface area contributed by atoms with Crippen LogP contribution >= 0.6 is 11.6 Å². The number of anilines is 1. The standard InChI is InChI=1S/C18H20ClN5O3/c1-26-16-9-17(27-2)15(8-14(16)19)20-10-13(25)11-24-18(21-22-23-24)12-6-4-3-5-7-12/h3-9,13,20,25H,10-11H2,1-2H3. The Morgan fingerprint density at radius 1 is 1.15 bits per heavy atom. The van der Waals surface area contributed by atoms with Crippen molar-refractivity contribution in [2.24, 2.45) is 0 Å². The number of ether oxygens (including phenoxy) is 2. The summed E-state index contributed by atoms with van der Waals surface area (Å²) in [4.78, 5) is 0. The molecule has 0 aliphatic carbocycles. The highest BCUT2D eigenvalue weighted by Gasteiger charge is 2.15. The first-order chi connectivity index (χ1) is 13.1. The summed E-state index contributed by atoms with van der Waals surface area (Å²) in [6.45, 7) is 0.490. The van der Waals surface area contributed by atoms with Crippen molar-refractivity contribution in [1.82, 2.24) is 20.2 Å². The molecule has 8 nitrogen and oxygen atoms in total. The number of tetrazole rings is 1. The van der Waals surface area contributed by atoms with Crippen molar-refractivity contribution in [3.05, 3.63) is 47.5 Å². The fraction of sp³-hybridized carbons (Fsp3) is 0.278. The first-order valence-corrected chi connectivity index (χ1v) is 8.65. The summed E-state index contributed by atoms with van der Waals surface area (Å²) >= 11 is 6.16. The van der Waals surface area contributed by atoms with Crippen LogP contribution in [0.3, 0.4) is 0 Å². The van der Waals surface area contributed by atoms with Crippen molar-refractivity contribution in [2.45, 2.75) is 12.6 Å². The van der Waals surface area contributed by atoms with Gasteiger partial charge in [-0.1, -0.05) is 41.9 Å². The number of benzene rings is 2. The van der Waals surface area contributed by atoms with E-state index in [1.165, 1.54) is 7.11 Å². The molecule has 2 aromatic carbocycles. The number of nitrogens with zero attached hydrogens (tertiary/aromatic N) is 4. The molecule has 9 heteroatoms. The second kappa shape index (κ2) is 8.70. The van der Waals surface area contributed by atoms with E-state index in [4.69, 9.17) is 21.1 Å². The van der Waals surface area contributed by atoms with E-state index in [-0.39, 0.29) is 13.1 Å². The molecule has 0 aliphatic heterocycles. The maximum absolute atomic E-state index is 10.4. The van der Waals surface area contributed by atoms with Crippen LogP contribution in [0, 0.1) is 0 Å². The van der Waals surface area contributed by atoms with E-state index >= 15 is 0 Å². The van der Waals surface area contributed by atoms with Gasteiger partial charge in [0.05, 0.1) is 37.6 Å². The van der Waals surface area contributed by atoms with Gasteiger partial charge in [0, 0.05) is 18.2 Å². The number of methoxy groups -OCH3 is 2. The van der Waals surface area contributed by atoms with Crippen LogP contribution in [0.15, 0.2) is 42.5 Å². The number of rotatable bonds is 8.